The molecule has 228 valence electrons. The number of carbonyl (C=O) groups is 2. The minimum atomic E-state index is -0.388. The van der Waals surface area contributed by atoms with Gasteiger partial charge in [-0.2, -0.15) is 0 Å². The molecule has 44 heavy (non-hydrogen) atoms. The lowest BCUT2D eigenvalue weighted by molar-refractivity contribution is 0.0343. The summed E-state index contributed by atoms with van der Waals surface area (Å²) in [6.07, 6.45) is 2.78. The van der Waals surface area contributed by atoms with Crippen molar-refractivity contribution >= 4 is 17.5 Å². The zero-order valence-corrected chi connectivity index (χ0v) is 25.2. The molecule has 1 aromatic heterocycles. The molecule has 2 amide bonds. The summed E-state index contributed by atoms with van der Waals surface area (Å²) in [6.45, 7) is 5.35. The number of aliphatic hydroxyl groups is 1. The highest BCUT2D eigenvalue weighted by Crippen LogP contribution is 2.35. The number of likely N-dealkylation sites (N-methyl/N-ethyl adjacent to an activating group) is 1. The summed E-state index contributed by atoms with van der Waals surface area (Å²) in [7, 11) is 2.03. The van der Waals surface area contributed by atoms with E-state index in [2.05, 4.69) is 15.2 Å². The fourth-order valence-electron chi connectivity index (χ4n) is 5.23. The first-order chi connectivity index (χ1) is 21.3. The molecule has 5 rings (SSSR count). The third kappa shape index (κ3) is 7.42. The number of fused-ring (bicyclic) bond motifs is 1. The average molecular weight is 595 g/mol. The van der Waals surface area contributed by atoms with Gasteiger partial charge >= 0.3 is 0 Å². The zero-order valence-electron chi connectivity index (χ0n) is 25.2. The fourth-order valence-corrected chi connectivity index (χ4v) is 5.23. The first-order valence-electron chi connectivity index (χ1n) is 14.8. The number of hydrogen-bond acceptors (Lipinski definition) is 7. The molecule has 9 nitrogen and oxygen atoms in total. The Morgan fingerprint density at radius 3 is 2.45 bits per heavy atom. The molecule has 0 aliphatic carbocycles. The van der Waals surface area contributed by atoms with Crippen LogP contribution >= 0.6 is 0 Å². The Morgan fingerprint density at radius 2 is 1.75 bits per heavy atom. The van der Waals surface area contributed by atoms with E-state index in [1.807, 2.05) is 75.5 Å². The molecular weight excluding hydrogens is 556 g/mol. The van der Waals surface area contributed by atoms with Crippen LogP contribution in [0.25, 0.3) is 0 Å². The van der Waals surface area contributed by atoms with Crippen molar-refractivity contribution in [3.8, 4) is 17.2 Å². The van der Waals surface area contributed by atoms with Crippen LogP contribution < -0.4 is 14.8 Å². The molecular formula is C35H38N4O5. The van der Waals surface area contributed by atoms with Gasteiger partial charge < -0.3 is 24.8 Å². The summed E-state index contributed by atoms with van der Waals surface area (Å²) >= 11 is 0. The average Bonchev–Trinajstić information content (AvgIpc) is 3.04. The van der Waals surface area contributed by atoms with Crippen molar-refractivity contribution in [3.63, 3.8) is 0 Å². The molecule has 2 N–H and O–H groups in total. The van der Waals surface area contributed by atoms with Crippen LogP contribution in [0.3, 0.4) is 0 Å². The molecule has 9 heteroatoms. The van der Waals surface area contributed by atoms with Crippen LogP contribution in [0.4, 0.5) is 5.69 Å². The number of para-hydroxylation sites is 2. The van der Waals surface area contributed by atoms with Gasteiger partial charge in [0, 0.05) is 43.5 Å². The molecule has 3 atom stereocenters. The van der Waals surface area contributed by atoms with Gasteiger partial charge in [-0.15, -0.1) is 0 Å². The largest absolute Gasteiger partial charge is 0.486 e. The van der Waals surface area contributed by atoms with Gasteiger partial charge in [0.15, 0.2) is 5.75 Å². The van der Waals surface area contributed by atoms with Crippen LogP contribution in [0.2, 0.25) is 0 Å². The minimum Gasteiger partial charge on any atom is -0.486 e. The molecule has 0 unspecified atom stereocenters. The predicted octanol–water partition coefficient (Wildman–Crippen LogP) is 5.48. The Morgan fingerprint density at radius 1 is 1.05 bits per heavy atom. The summed E-state index contributed by atoms with van der Waals surface area (Å²) in [4.78, 5) is 34.7. The van der Waals surface area contributed by atoms with Crippen molar-refractivity contribution in [1.82, 2.24) is 14.8 Å². The molecule has 0 spiro atoms. The van der Waals surface area contributed by atoms with E-state index in [0.717, 1.165) is 17.1 Å². The zero-order chi connectivity index (χ0) is 31.1. The van der Waals surface area contributed by atoms with E-state index in [0.29, 0.717) is 42.2 Å². The summed E-state index contributed by atoms with van der Waals surface area (Å²) in [6, 6.07) is 25.7. The topological polar surface area (TPSA) is 104 Å². The Balaban J connectivity index is 1.36. The number of pyridine rings is 1. The van der Waals surface area contributed by atoms with Crippen molar-refractivity contribution in [2.75, 3.05) is 32.1 Å². The van der Waals surface area contributed by atoms with Gasteiger partial charge in [-0.25, -0.2) is 0 Å². The van der Waals surface area contributed by atoms with Crippen molar-refractivity contribution in [3.05, 3.63) is 114 Å². The van der Waals surface area contributed by atoms with Gasteiger partial charge in [0.25, 0.3) is 11.8 Å². The molecule has 1 aliphatic rings. The van der Waals surface area contributed by atoms with E-state index in [4.69, 9.17) is 9.47 Å². The Kier molecular flexibility index (Phi) is 9.89. The van der Waals surface area contributed by atoms with Crippen LogP contribution in [0.5, 0.6) is 17.2 Å². The van der Waals surface area contributed by atoms with E-state index < -0.39 is 0 Å². The van der Waals surface area contributed by atoms with Crippen molar-refractivity contribution in [2.24, 2.45) is 5.92 Å². The van der Waals surface area contributed by atoms with Gasteiger partial charge in [-0.05, 0) is 68.1 Å². The number of ether oxygens (including phenoxy) is 2. The number of aromatic nitrogens is 1. The Hall–Kier alpha value is -4.73. The number of nitrogens with zero attached hydrogens (tertiary/aromatic N) is 3. The maximum absolute atomic E-state index is 13.7. The first kappa shape index (κ1) is 30.7. The standard InChI is InChI=1S/C35H38N4O5/c1-24-20-39(25(2)23-40)35(42)30-10-7-11-31(37-34(41)27-16-18-36-19-17-27)33(30)44-32(24)22-38(3)21-26-12-14-29(15-13-26)43-28-8-5-4-6-9-28/h4-19,24-25,32,40H,20-23H2,1-3H3,(H,37,41)/t24-,25-,32+/m0/s1. The van der Waals surface area contributed by atoms with Crippen LogP contribution in [0.1, 0.15) is 40.1 Å². The van der Waals surface area contributed by atoms with Gasteiger partial charge in [0.1, 0.15) is 17.6 Å². The summed E-state index contributed by atoms with van der Waals surface area (Å²) in [5.41, 5.74) is 2.30. The highest BCUT2D eigenvalue weighted by Gasteiger charge is 2.34. The molecule has 1 aliphatic heterocycles. The molecule has 0 saturated heterocycles. The number of nitrogens with one attached hydrogen (secondary N) is 1. The maximum Gasteiger partial charge on any atom is 0.258 e. The highest BCUT2D eigenvalue weighted by molar-refractivity contribution is 6.07. The van der Waals surface area contributed by atoms with Crippen molar-refractivity contribution < 1.29 is 24.2 Å². The third-order valence-electron chi connectivity index (χ3n) is 7.73. The molecule has 0 saturated carbocycles. The summed E-state index contributed by atoms with van der Waals surface area (Å²) in [5, 5.41) is 12.9. The van der Waals surface area contributed by atoms with Gasteiger partial charge in [-0.3, -0.25) is 19.5 Å². The van der Waals surface area contributed by atoms with E-state index in [9.17, 15) is 14.7 Å². The number of anilines is 1. The molecule has 4 aromatic rings. The Labute approximate surface area is 258 Å². The van der Waals surface area contributed by atoms with Crippen molar-refractivity contribution in [1.29, 1.82) is 0 Å². The number of carbonyl (C=O) groups excluding carboxylic acids is 2. The Bertz CT molecular complexity index is 1550. The van der Waals surface area contributed by atoms with Crippen LogP contribution in [-0.2, 0) is 6.54 Å². The second-order valence-corrected chi connectivity index (χ2v) is 11.3. The second-order valence-electron chi connectivity index (χ2n) is 11.3. The maximum atomic E-state index is 13.7. The number of rotatable bonds is 10. The quantitative estimate of drug-likeness (QED) is 0.251. The number of amides is 2. The van der Waals surface area contributed by atoms with E-state index in [-0.39, 0.29) is 36.5 Å². The van der Waals surface area contributed by atoms with Crippen LogP contribution in [-0.4, -0.2) is 70.6 Å². The van der Waals surface area contributed by atoms with Crippen LogP contribution in [0.15, 0.2) is 97.3 Å². The first-order valence-corrected chi connectivity index (χ1v) is 14.8. The summed E-state index contributed by atoms with van der Waals surface area (Å²) < 4.78 is 12.6. The van der Waals surface area contributed by atoms with E-state index in [1.165, 1.54) is 0 Å². The number of aliphatic hydroxyl groups excluding tert-OH is 1. The lowest BCUT2D eigenvalue weighted by atomic mass is 9.98. The number of hydrogen-bond donors (Lipinski definition) is 2. The lowest BCUT2D eigenvalue weighted by Gasteiger charge is -2.38. The number of benzene rings is 3. The fraction of sp³-hybridized carbons (Fsp3) is 0.286. The molecule has 0 bridgehead atoms. The minimum absolute atomic E-state index is 0.0749. The van der Waals surface area contributed by atoms with Gasteiger partial charge in [0.2, 0.25) is 0 Å². The predicted molar refractivity (Wildman–Crippen MR) is 169 cm³/mol. The lowest BCUT2D eigenvalue weighted by Crippen LogP contribution is -2.49. The van der Waals surface area contributed by atoms with E-state index in [1.54, 1.807) is 47.6 Å². The SMILES string of the molecule is C[C@H]1CN([C@@H](C)CO)C(=O)c2cccc(NC(=O)c3ccncc3)c2O[C@@H]1CN(C)Cc1ccc(Oc2ccccc2)cc1. The smallest absolute Gasteiger partial charge is 0.258 e. The van der Waals surface area contributed by atoms with Crippen molar-refractivity contribution in [2.45, 2.75) is 32.5 Å². The monoisotopic (exact) mass is 594 g/mol. The molecule has 0 radical (unpaired) electrons. The summed E-state index contributed by atoms with van der Waals surface area (Å²) in [5.74, 6) is 1.21. The highest BCUT2D eigenvalue weighted by atomic mass is 16.5. The van der Waals surface area contributed by atoms with Crippen LogP contribution in [0, 0.1) is 5.92 Å². The van der Waals surface area contributed by atoms with E-state index >= 15 is 0 Å². The van der Waals surface area contributed by atoms with Gasteiger partial charge in [0.05, 0.1) is 23.9 Å². The molecule has 3 aromatic carbocycles. The second kappa shape index (κ2) is 14.2. The van der Waals surface area contributed by atoms with Gasteiger partial charge in [-0.1, -0.05) is 43.3 Å². The third-order valence-corrected chi connectivity index (χ3v) is 7.73. The molecule has 2 heterocycles. The molecule has 0 fully saturated rings. The normalized spacial score (nSPS) is 17.2.